The largest absolute Gasteiger partial charge is 0.494 e. The van der Waals surface area contributed by atoms with Crippen LogP contribution in [0.1, 0.15) is 27.7 Å². The van der Waals surface area contributed by atoms with Crippen molar-refractivity contribution in [1.82, 2.24) is 15.0 Å². The average molecular weight is 664 g/mol. The van der Waals surface area contributed by atoms with E-state index < -0.39 is 7.12 Å². The number of nitrogens with zero attached hydrogens (tertiary/aromatic N) is 3. The molecule has 0 N–H and O–H groups in total. The summed E-state index contributed by atoms with van der Waals surface area (Å²) in [5.41, 5.74) is 9.96. The predicted octanol–water partition coefficient (Wildman–Crippen LogP) is 10.2. The van der Waals surface area contributed by atoms with E-state index in [2.05, 4.69) is 125 Å². The molecule has 1 aromatic heterocycles. The van der Waals surface area contributed by atoms with Crippen LogP contribution in [0.5, 0.6) is 0 Å². The maximum absolute atomic E-state index is 6.31. The van der Waals surface area contributed by atoms with Gasteiger partial charge in [-0.05, 0) is 66.5 Å². The summed E-state index contributed by atoms with van der Waals surface area (Å²) < 4.78 is 12.6. The minimum Gasteiger partial charge on any atom is -0.399 e. The van der Waals surface area contributed by atoms with E-state index in [9.17, 15) is 0 Å². The lowest BCUT2D eigenvalue weighted by Gasteiger charge is -2.32. The number of hydrogen-bond donors (Lipinski definition) is 0. The lowest BCUT2D eigenvalue weighted by atomic mass is 9.78. The van der Waals surface area contributed by atoms with Crippen LogP contribution in [0.3, 0.4) is 0 Å². The van der Waals surface area contributed by atoms with E-state index in [0.717, 1.165) is 55.5 Å². The summed E-state index contributed by atoms with van der Waals surface area (Å²) in [6, 6.07) is 54.4. The first kappa shape index (κ1) is 32.5. The van der Waals surface area contributed by atoms with Gasteiger partial charge in [-0.15, -0.1) is 0 Å². The summed E-state index contributed by atoms with van der Waals surface area (Å²) in [7, 11) is -0.393. The SMILES string of the molecule is CC1(C)OB(c2ccc(-c3ccccc3-c3ccccc3-c3ccc(-c4nc(-c5ccccc5)nc(-c5ccccc5)n4)cc3)cc2)OC1(C)C. The minimum atomic E-state index is -0.393. The topological polar surface area (TPSA) is 57.1 Å². The fourth-order valence-corrected chi connectivity index (χ4v) is 6.47. The van der Waals surface area contributed by atoms with Crippen molar-refractivity contribution in [2.75, 3.05) is 0 Å². The molecule has 2 heterocycles. The van der Waals surface area contributed by atoms with Crippen molar-refractivity contribution >= 4 is 12.6 Å². The van der Waals surface area contributed by atoms with E-state index in [-0.39, 0.29) is 11.2 Å². The highest BCUT2D eigenvalue weighted by molar-refractivity contribution is 6.62. The first-order valence-corrected chi connectivity index (χ1v) is 17.4. The number of hydrogen-bond acceptors (Lipinski definition) is 5. The molecule has 6 heteroatoms. The van der Waals surface area contributed by atoms with Gasteiger partial charge in [-0.3, -0.25) is 0 Å². The van der Waals surface area contributed by atoms with Crippen molar-refractivity contribution in [3.8, 4) is 67.5 Å². The Morgan fingerprint density at radius 2 is 0.667 bits per heavy atom. The molecule has 0 unspecified atom stereocenters. The van der Waals surface area contributed by atoms with E-state index in [1.165, 1.54) is 0 Å². The van der Waals surface area contributed by atoms with Crippen LogP contribution in [0.25, 0.3) is 67.5 Å². The van der Waals surface area contributed by atoms with E-state index in [1.807, 2.05) is 60.7 Å². The van der Waals surface area contributed by atoms with Crippen LogP contribution in [0.2, 0.25) is 0 Å². The molecule has 6 aromatic carbocycles. The van der Waals surface area contributed by atoms with E-state index in [1.54, 1.807) is 0 Å². The van der Waals surface area contributed by atoms with Gasteiger partial charge in [0.05, 0.1) is 11.2 Å². The number of benzene rings is 6. The Morgan fingerprint density at radius 1 is 0.353 bits per heavy atom. The molecular formula is C45H38BN3O2. The van der Waals surface area contributed by atoms with Gasteiger partial charge in [0, 0.05) is 16.7 Å². The molecular weight excluding hydrogens is 625 g/mol. The molecule has 0 radical (unpaired) electrons. The van der Waals surface area contributed by atoms with Crippen LogP contribution >= 0.6 is 0 Å². The lowest BCUT2D eigenvalue weighted by molar-refractivity contribution is 0.00578. The summed E-state index contributed by atoms with van der Waals surface area (Å²) in [6.45, 7) is 8.33. The maximum atomic E-state index is 6.31. The third kappa shape index (κ3) is 6.40. The predicted molar refractivity (Wildman–Crippen MR) is 208 cm³/mol. The van der Waals surface area contributed by atoms with Gasteiger partial charge in [0.15, 0.2) is 17.5 Å². The molecule has 1 fully saturated rings. The fraction of sp³-hybridized carbons (Fsp3) is 0.133. The molecule has 0 saturated carbocycles. The van der Waals surface area contributed by atoms with Gasteiger partial charge in [-0.25, -0.2) is 15.0 Å². The van der Waals surface area contributed by atoms with E-state index in [0.29, 0.717) is 17.5 Å². The molecule has 0 atom stereocenters. The zero-order valence-corrected chi connectivity index (χ0v) is 29.2. The van der Waals surface area contributed by atoms with Crippen LogP contribution in [-0.4, -0.2) is 33.3 Å². The summed E-state index contributed by atoms with van der Waals surface area (Å²) in [5, 5.41) is 0. The molecule has 0 bridgehead atoms. The highest BCUT2D eigenvalue weighted by Crippen LogP contribution is 2.39. The summed E-state index contributed by atoms with van der Waals surface area (Å²) in [4.78, 5) is 14.7. The molecule has 1 aliphatic rings. The molecule has 51 heavy (non-hydrogen) atoms. The second-order valence-corrected chi connectivity index (χ2v) is 13.9. The van der Waals surface area contributed by atoms with Crippen molar-refractivity contribution < 1.29 is 9.31 Å². The highest BCUT2D eigenvalue weighted by Gasteiger charge is 2.51. The second-order valence-electron chi connectivity index (χ2n) is 13.9. The number of aromatic nitrogens is 3. The van der Waals surface area contributed by atoms with Gasteiger partial charge < -0.3 is 9.31 Å². The highest BCUT2D eigenvalue weighted by atomic mass is 16.7. The quantitative estimate of drug-likeness (QED) is 0.159. The fourth-order valence-electron chi connectivity index (χ4n) is 6.47. The van der Waals surface area contributed by atoms with Crippen LogP contribution in [-0.2, 0) is 9.31 Å². The third-order valence-corrected chi connectivity index (χ3v) is 10.0. The maximum Gasteiger partial charge on any atom is 0.494 e. The van der Waals surface area contributed by atoms with E-state index in [4.69, 9.17) is 24.3 Å². The van der Waals surface area contributed by atoms with Crippen LogP contribution in [0.15, 0.2) is 158 Å². The van der Waals surface area contributed by atoms with Crippen molar-refractivity contribution in [3.63, 3.8) is 0 Å². The Hall–Kier alpha value is -5.69. The molecule has 0 spiro atoms. The molecule has 1 aliphatic heterocycles. The molecule has 1 saturated heterocycles. The molecule has 8 rings (SSSR count). The summed E-state index contributed by atoms with van der Waals surface area (Å²) in [5.74, 6) is 1.93. The van der Waals surface area contributed by atoms with Gasteiger partial charge in [0.2, 0.25) is 0 Å². The molecule has 0 amide bonds. The first-order chi connectivity index (χ1) is 24.8. The molecule has 0 aliphatic carbocycles. The van der Waals surface area contributed by atoms with Crippen molar-refractivity contribution in [1.29, 1.82) is 0 Å². The van der Waals surface area contributed by atoms with Crippen molar-refractivity contribution in [3.05, 3.63) is 158 Å². The van der Waals surface area contributed by atoms with Gasteiger partial charge in [0.25, 0.3) is 0 Å². The van der Waals surface area contributed by atoms with Crippen LogP contribution in [0, 0.1) is 0 Å². The Kier molecular flexibility index (Phi) is 8.43. The smallest absolute Gasteiger partial charge is 0.399 e. The normalized spacial score (nSPS) is 14.8. The van der Waals surface area contributed by atoms with Crippen molar-refractivity contribution in [2.45, 2.75) is 38.9 Å². The summed E-state index contributed by atoms with van der Waals surface area (Å²) >= 11 is 0. The van der Waals surface area contributed by atoms with Crippen molar-refractivity contribution in [2.24, 2.45) is 0 Å². The Balaban J connectivity index is 1.12. The molecule has 7 aromatic rings. The van der Waals surface area contributed by atoms with E-state index >= 15 is 0 Å². The van der Waals surface area contributed by atoms with Gasteiger partial charge in [-0.1, -0.05) is 158 Å². The lowest BCUT2D eigenvalue weighted by Crippen LogP contribution is -2.41. The second kappa shape index (κ2) is 13.2. The molecule has 248 valence electrons. The van der Waals surface area contributed by atoms with Crippen LogP contribution in [0.4, 0.5) is 0 Å². The first-order valence-electron chi connectivity index (χ1n) is 17.4. The van der Waals surface area contributed by atoms with Gasteiger partial charge >= 0.3 is 7.12 Å². The van der Waals surface area contributed by atoms with Crippen LogP contribution < -0.4 is 5.46 Å². The summed E-state index contributed by atoms with van der Waals surface area (Å²) in [6.07, 6.45) is 0. The molecule has 5 nitrogen and oxygen atoms in total. The Labute approximate surface area is 300 Å². The third-order valence-electron chi connectivity index (χ3n) is 10.0. The minimum absolute atomic E-state index is 0.383. The number of rotatable bonds is 7. The standard InChI is InChI=1S/C45H38BN3O2/c1-44(2)45(3,4)51-46(50-44)36-29-27-32(28-30-36)38-20-12-14-22-40(38)39-21-13-11-19-37(39)31-23-25-35(26-24-31)43-48-41(33-15-7-5-8-16-33)47-42(49-43)34-17-9-6-10-18-34/h5-30H,1-4H3. The zero-order chi connectivity index (χ0) is 35.0. The monoisotopic (exact) mass is 663 g/mol. The zero-order valence-electron chi connectivity index (χ0n) is 29.2. The van der Waals surface area contributed by atoms with Gasteiger partial charge in [0.1, 0.15) is 0 Å². The average Bonchev–Trinajstić information content (AvgIpc) is 3.41. The van der Waals surface area contributed by atoms with Gasteiger partial charge in [-0.2, -0.15) is 0 Å². The Morgan fingerprint density at radius 3 is 1.08 bits per heavy atom. The Bertz CT molecular complexity index is 2230.